The van der Waals surface area contributed by atoms with Crippen LogP contribution in [0.25, 0.3) is 33.3 Å². The Morgan fingerprint density at radius 3 is 2.69 bits per heavy atom. The largest absolute Gasteiger partial charge is 0.471 e. The summed E-state index contributed by atoms with van der Waals surface area (Å²) < 4.78 is 26.3. The molecule has 0 spiro atoms. The van der Waals surface area contributed by atoms with E-state index in [1.807, 2.05) is 54.9 Å². The molecule has 6 rings (SSSR count). The zero-order valence-electron chi connectivity index (χ0n) is 26.7. The van der Waals surface area contributed by atoms with Crippen LogP contribution in [0.5, 0.6) is 5.88 Å². The van der Waals surface area contributed by atoms with Crippen molar-refractivity contribution < 1.29 is 23.4 Å². The molecular weight excluding hydrogens is 588 g/mol. The maximum Gasteiger partial charge on any atom is 0.251 e. The molecule has 12 heteroatoms. The van der Waals surface area contributed by atoms with E-state index in [0.29, 0.717) is 61.1 Å². The van der Waals surface area contributed by atoms with Crippen molar-refractivity contribution in [1.82, 2.24) is 24.8 Å². The third-order valence-electron chi connectivity index (χ3n) is 7.84. The highest BCUT2D eigenvalue weighted by atomic mass is 28.3. The fourth-order valence-corrected chi connectivity index (χ4v) is 6.09. The van der Waals surface area contributed by atoms with E-state index >= 15 is 0 Å². The molecular formula is C33H40N6O5Si. The first-order chi connectivity index (χ1) is 21.6. The van der Waals surface area contributed by atoms with Gasteiger partial charge < -0.3 is 33.8 Å². The van der Waals surface area contributed by atoms with Crippen LogP contribution in [0, 0.1) is 13.8 Å². The lowest BCUT2D eigenvalue weighted by Gasteiger charge is -2.16. The Kier molecular flexibility index (Phi) is 8.62. The van der Waals surface area contributed by atoms with Gasteiger partial charge in [0.15, 0.2) is 17.1 Å². The number of carbonyl (C=O) groups is 1. The van der Waals surface area contributed by atoms with Gasteiger partial charge in [0.05, 0.1) is 18.6 Å². The molecule has 2 aromatic carbocycles. The topological polar surface area (TPSA) is 126 Å². The van der Waals surface area contributed by atoms with E-state index in [1.54, 1.807) is 13.1 Å². The SMILES string of the molecule is CNC(=O)c1ccc(Nc2nc(OC3CCOC3)c3c(-c4ccc5nc(C)oc5c4)cn(COCC[Si](C)(C)C)c3n2)c(C)c1. The van der Waals surface area contributed by atoms with Gasteiger partial charge in [-0.05, 0) is 54.4 Å². The van der Waals surface area contributed by atoms with Crippen molar-refractivity contribution in [3.8, 4) is 17.0 Å². The molecule has 45 heavy (non-hydrogen) atoms. The number of ether oxygens (including phenoxy) is 3. The number of amides is 1. The van der Waals surface area contributed by atoms with Crippen molar-refractivity contribution in [2.24, 2.45) is 0 Å². The first-order valence-electron chi connectivity index (χ1n) is 15.3. The minimum absolute atomic E-state index is 0.131. The molecule has 1 fully saturated rings. The van der Waals surface area contributed by atoms with Gasteiger partial charge in [-0.2, -0.15) is 9.97 Å². The molecule has 4 heterocycles. The average Bonchev–Trinajstić information content (AvgIpc) is 3.73. The molecule has 1 saturated heterocycles. The van der Waals surface area contributed by atoms with Gasteiger partial charge in [0.2, 0.25) is 11.8 Å². The Hall–Kier alpha value is -4.26. The Balaban J connectivity index is 1.46. The van der Waals surface area contributed by atoms with Crippen molar-refractivity contribution in [3.05, 3.63) is 59.6 Å². The van der Waals surface area contributed by atoms with E-state index in [2.05, 4.69) is 35.3 Å². The van der Waals surface area contributed by atoms with Gasteiger partial charge in [-0.1, -0.05) is 25.7 Å². The van der Waals surface area contributed by atoms with E-state index in [4.69, 9.17) is 28.6 Å². The van der Waals surface area contributed by atoms with Crippen molar-refractivity contribution in [3.63, 3.8) is 0 Å². The van der Waals surface area contributed by atoms with Crippen LogP contribution in [0.1, 0.15) is 28.2 Å². The Labute approximate surface area is 263 Å². The highest BCUT2D eigenvalue weighted by Gasteiger charge is 2.25. The summed E-state index contributed by atoms with van der Waals surface area (Å²) in [7, 11) is 0.353. The fraction of sp³-hybridized carbons (Fsp3) is 0.394. The Morgan fingerprint density at radius 2 is 1.96 bits per heavy atom. The lowest BCUT2D eigenvalue weighted by Crippen LogP contribution is -2.22. The lowest BCUT2D eigenvalue weighted by molar-refractivity contribution is 0.0899. The molecule has 1 unspecified atom stereocenters. The zero-order chi connectivity index (χ0) is 31.7. The van der Waals surface area contributed by atoms with E-state index in [-0.39, 0.29) is 12.0 Å². The summed E-state index contributed by atoms with van der Waals surface area (Å²) in [5, 5.41) is 6.82. The molecule has 1 atom stereocenters. The molecule has 1 amide bonds. The van der Waals surface area contributed by atoms with Crippen molar-refractivity contribution in [2.75, 3.05) is 32.2 Å². The second-order valence-corrected chi connectivity index (χ2v) is 18.3. The van der Waals surface area contributed by atoms with Crippen LogP contribution in [0.2, 0.25) is 25.7 Å². The monoisotopic (exact) mass is 628 g/mol. The van der Waals surface area contributed by atoms with Gasteiger partial charge in [0.1, 0.15) is 18.4 Å². The normalized spacial score (nSPS) is 15.2. The first kappa shape index (κ1) is 30.7. The number of aryl methyl sites for hydroxylation is 2. The standard InChI is InChI=1S/C33H40N6O5Si/c1-20-15-23(31(40)34-3)8-9-26(20)36-33-37-30-29(32(38-33)44-24-11-12-41-18-24)25(17-39(30)19-42-13-14-45(4,5)6)22-7-10-27-28(16-22)43-21(2)35-27/h7-10,15-17,24H,11-14,18-19H2,1-6H3,(H,34,40)(H,36,37,38). The first-order valence-corrected chi connectivity index (χ1v) is 19.0. The smallest absolute Gasteiger partial charge is 0.251 e. The summed E-state index contributed by atoms with van der Waals surface area (Å²) in [5.74, 6) is 1.31. The molecule has 0 bridgehead atoms. The highest BCUT2D eigenvalue weighted by molar-refractivity contribution is 6.76. The second-order valence-electron chi connectivity index (χ2n) is 12.7. The van der Waals surface area contributed by atoms with Crippen molar-refractivity contribution in [2.45, 2.75) is 58.8 Å². The second kappa shape index (κ2) is 12.6. The molecule has 3 aromatic heterocycles. The summed E-state index contributed by atoms with van der Waals surface area (Å²) in [4.78, 5) is 26.6. The van der Waals surface area contributed by atoms with Gasteiger partial charge in [-0.15, -0.1) is 0 Å². The number of benzene rings is 2. The fourth-order valence-electron chi connectivity index (χ4n) is 5.33. The van der Waals surface area contributed by atoms with Crippen LogP contribution in [0.3, 0.4) is 0 Å². The summed E-state index contributed by atoms with van der Waals surface area (Å²) in [5.41, 5.74) is 6.27. The van der Waals surface area contributed by atoms with Crippen LogP contribution in [0.15, 0.2) is 47.0 Å². The minimum atomic E-state index is -1.27. The molecule has 5 aromatic rings. The van der Waals surface area contributed by atoms with Gasteiger partial charge in [0, 0.05) is 58.1 Å². The maximum absolute atomic E-state index is 12.2. The van der Waals surface area contributed by atoms with E-state index in [1.165, 1.54) is 0 Å². The quantitative estimate of drug-likeness (QED) is 0.126. The van der Waals surface area contributed by atoms with E-state index in [0.717, 1.165) is 45.7 Å². The third-order valence-corrected chi connectivity index (χ3v) is 9.55. The van der Waals surface area contributed by atoms with Crippen LogP contribution in [0.4, 0.5) is 11.6 Å². The number of nitrogens with zero attached hydrogens (tertiary/aromatic N) is 4. The summed E-state index contributed by atoms with van der Waals surface area (Å²) in [6.07, 6.45) is 2.69. The van der Waals surface area contributed by atoms with Crippen molar-refractivity contribution in [1.29, 1.82) is 0 Å². The number of fused-ring (bicyclic) bond motifs is 2. The third kappa shape index (κ3) is 6.87. The number of rotatable bonds is 11. The number of hydrogen-bond donors (Lipinski definition) is 2. The number of nitrogens with one attached hydrogen (secondary N) is 2. The van der Waals surface area contributed by atoms with Gasteiger partial charge in [-0.3, -0.25) is 4.79 Å². The molecule has 0 saturated carbocycles. The molecule has 2 N–H and O–H groups in total. The summed E-state index contributed by atoms with van der Waals surface area (Å²) >= 11 is 0. The van der Waals surface area contributed by atoms with Gasteiger partial charge in [-0.25, -0.2) is 4.98 Å². The molecule has 0 radical (unpaired) electrons. The highest BCUT2D eigenvalue weighted by Crippen LogP contribution is 2.38. The minimum Gasteiger partial charge on any atom is -0.471 e. The number of aromatic nitrogens is 4. The summed E-state index contributed by atoms with van der Waals surface area (Å²) in [6, 6.07) is 12.5. The molecule has 1 aliphatic heterocycles. The maximum atomic E-state index is 12.2. The van der Waals surface area contributed by atoms with Crippen LogP contribution in [-0.2, 0) is 16.2 Å². The molecule has 1 aliphatic rings. The lowest BCUT2D eigenvalue weighted by atomic mass is 10.1. The van der Waals surface area contributed by atoms with Crippen molar-refractivity contribution >= 4 is 47.7 Å². The van der Waals surface area contributed by atoms with E-state index < -0.39 is 8.07 Å². The number of carbonyl (C=O) groups excluding carboxylic acids is 1. The Morgan fingerprint density at radius 1 is 1.11 bits per heavy atom. The molecule has 0 aliphatic carbocycles. The van der Waals surface area contributed by atoms with Crippen LogP contribution >= 0.6 is 0 Å². The average molecular weight is 629 g/mol. The zero-order valence-corrected chi connectivity index (χ0v) is 27.7. The predicted octanol–water partition coefficient (Wildman–Crippen LogP) is 6.44. The molecule has 236 valence electrons. The molecule has 11 nitrogen and oxygen atoms in total. The van der Waals surface area contributed by atoms with Crippen LogP contribution in [-0.4, -0.2) is 66.5 Å². The van der Waals surface area contributed by atoms with Crippen LogP contribution < -0.4 is 15.4 Å². The number of hydrogen-bond acceptors (Lipinski definition) is 9. The van der Waals surface area contributed by atoms with Gasteiger partial charge in [0.25, 0.3) is 5.91 Å². The predicted molar refractivity (Wildman–Crippen MR) is 177 cm³/mol. The van der Waals surface area contributed by atoms with Gasteiger partial charge >= 0.3 is 0 Å². The Bertz CT molecular complexity index is 1850. The number of oxazole rings is 1. The summed E-state index contributed by atoms with van der Waals surface area (Å²) in [6.45, 7) is 12.9. The number of anilines is 2. The van der Waals surface area contributed by atoms with E-state index in [9.17, 15) is 4.79 Å².